The van der Waals surface area contributed by atoms with E-state index in [0.29, 0.717) is 6.54 Å². The Bertz CT molecular complexity index is 564. The first kappa shape index (κ1) is 14.6. The van der Waals surface area contributed by atoms with Crippen molar-refractivity contribution in [3.8, 4) is 0 Å². The van der Waals surface area contributed by atoms with Gasteiger partial charge in [0.05, 0.1) is 5.69 Å². The zero-order valence-electron chi connectivity index (χ0n) is 11.7. The Kier molecular flexibility index (Phi) is 4.79. The average Bonchev–Trinajstić information content (AvgIpc) is 2.45. The van der Waals surface area contributed by atoms with Crippen LogP contribution in [0, 0.1) is 11.6 Å². The molecular weight excluding hydrogens is 258 g/mol. The lowest BCUT2D eigenvalue weighted by Gasteiger charge is -2.16. The first-order chi connectivity index (χ1) is 9.63. The first-order valence-electron chi connectivity index (χ1n) is 6.73. The zero-order chi connectivity index (χ0) is 14.5. The smallest absolute Gasteiger partial charge is 0.130 e. The molecule has 1 heterocycles. The highest BCUT2D eigenvalue weighted by atomic mass is 19.1. The van der Waals surface area contributed by atoms with Gasteiger partial charge >= 0.3 is 0 Å². The molecule has 0 fully saturated rings. The van der Waals surface area contributed by atoms with Crippen molar-refractivity contribution in [1.82, 2.24) is 10.3 Å². The third-order valence-corrected chi connectivity index (χ3v) is 3.37. The molecule has 0 saturated heterocycles. The molecule has 0 amide bonds. The topological polar surface area (TPSA) is 24.9 Å². The van der Waals surface area contributed by atoms with Crippen LogP contribution in [0.4, 0.5) is 8.78 Å². The summed E-state index contributed by atoms with van der Waals surface area (Å²) in [6.07, 6.45) is 2.61. The molecule has 1 aromatic heterocycles. The molecule has 0 radical (unpaired) electrons. The quantitative estimate of drug-likeness (QED) is 0.899. The zero-order valence-corrected chi connectivity index (χ0v) is 11.7. The summed E-state index contributed by atoms with van der Waals surface area (Å²) in [6, 6.07) is 7.40. The van der Waals surface area contributed by atoms with Gasteiger partial charge in [-0.2, -0.15) is 0 Å². The fourth-order valence-electron chi connectivity index (χ4n) is 2.23. The fraction of sp³-hybridized carbons (Fsp3) is 0.312. The van der Waals surface area contributed by atoms with Crippen molar-refractivity contribution in [2.45, 2.75) is 32.9 Å². The number of benzene rings is 1. The molecular formula is C16H18F2N2. The highest BCUT2D eigenvalue weighted by molar-refractivity contribution is 5.24. The second-order valence-corrected chi connectivity index (χ2v) is 4.70. The molecule has 0 spiro atoms. The summed E-state index contributed by atoms with van der Waals surface area (Å²) >= 11 is 0. The maximum absolute atomic E-state index is 13.7. The minimum Gasteiger partial charge on any atom is -0.304 e. The van der Waals surface area contributed by atoms with Crippen molar-refractivity contribution in [2.75, 3.05) is 0 Å². The minimum atomic E-state index is -0.526. The number of rotatable bonds is 5. The molecule has 20 heavy (non-hydrogen) atoms. The molecule has 0 aliphatic rings. The van der Waals surface area contributed by atoms with E-state index < -0.39 is 17.7 Å². The number of nitrogens with zero attached hydrogens (tertiary/aromatic N) is 1. The van der Waals surface area contributed by atoms with Gasteiger partial charge in [-0.3, -0.25) is 4.98 Å². The molecule has 106 valence electrons. The summed E-state index contributed by atoms with van der Waals surface area (Å²) in [7, 11) is 0. The predicted octanol–water partition coefficient (Wildman–Crippen LogP) is 3.77. The SMILES string of the molecule is CCc1cccnc1CNC(C)c1c(F)cccc1F. The Hall–Kier alpha value is -1.81. The van der Waals surface area contributed by atoms with E-state index in [1.165, 1.54) is 18.2 Å². The largest absolute Gasteiger partial charge is 0.304 e. The van der Waals surface area contributed by atoms with E-state index in [-0.39, 0.29) is 5.56 Å². The maximum atomic E-state index is 13.7. The number of nitrogens with one attached hydrogen (secondary N) is 1. The maximum Gasteiger partial charge on any atom is 0.130 e. The lowest BCUT2D eigenvalue weighted by molar-refractivity contribution is 0.484. The number of aryl methyl sites for hydroxylation is 1. The van der Waals surface area contributed by atoms with E-state index in [0.717, 1.165) is 17.7 Å². The molecule has 0 bridgehead atoms. The molecule has 1 unspecified atom stereocenters. The van der Waals surface area contributed by atoms with E-state index in [9.17, 15) is 8.78 Å². The molecule has 0 aliphatic heterocycles. The van der Waals surface area contributed by atoms with Crippen molar-refractivity contribution in [1.29, 1.82) is 0 Å². The van der Waals surface area contributed by atoms with Gasteiger partial charge in [-0.25, -0.2) is 8.78 Å². The van der Waals surface area contributed by atoms with E-state index in [2.05, 4.69) is 17.2 Å². The lowest BCUT2D eigenvalue weighted by atomic mass is 10.1. The van der Waals surface area contributed by atoms with Crippen LogP contribution in [0.25, 0.3) is 0 Å². The van der Waals surface area contributed by atoms with Crippen molar-refractivity contribution < 1.29 is 8.78 Å². The third kappa shape index (κ3) is 3.20. The fourth-order valence-corrected chi connectivity index (χ4v) is 2.23. The van der Waals surface area contributed by atoms with Crippen LogP contribution in [0.5, 0.6) is 0 Å². The van der Waals surface area contributed by atoms with Gasteiger partial charge in [-0.05, 0) is 37.1 Å². The molecule has 1 atom stereocenters. The summed E-state index contributed by atoms with van der Waals surface area (Å²) in [4.78, 5) is 4.31. The van der Waals surface area contributed by atoms with Crippen LogP contribution in [0.3, 0.4) is 0 Å². The molecule has 0 saturated carbocycles. The molecule has 2 nitrogen and oxygen atoms in total. The molecule has 1 N–H and O–H groups in total. The standard InChI is InChI=1S/C16H18F2N2/c1-3-12-6-5-9-19-15(12)10-20-11(2)16-13(17)7-4-8-14(16)18/h4-9,11,20H,3,10H2,1-2H3. The van der Waals surface area contributed by atoms with Crippen molar-refractivity contribution >= 4 is 0 Å². The second kappa shape index (κ2) is 6.57. The van der Waals surface area contributed by atoms with E-state index >= 15 is 0 Å². The third-order valence-electron chi connectivity index (χ3n) is 3.37. The van der Waals surface area contributed by atoms with Gasteiger partial charge in [-0.15, -0.1) is 0 Å². The minimum absolute atomic E-state index is 0.0708. The number of hydrogen-bond acceptors (Lipinski definition) is 2. The van der Waals surface area contributed by atoms with Gasteiger partial charge in [0.15, 0.2) is 0 Å². The lowest BCUT2D eigenvalue weighted by Crippen LogP contribution is -2.21. The predicted molar refractivity (Wildman–Crippen MR) is 75.2 cm³/mol. The highest BCUT2D eigenvalue weighted by Gasteiger charge is 2.15. The van der Waals surface area contributed by atoms with E-state index in [1.54, 1.807) is 13.1 Å². The van der Waals surface area contributed by atoms with Crippen LogP contribution in [0.2, 0.25) is 0 Å². The van der Waals surface area contributed by atoms with Gasteiger partial charge in [0.25, 0.3) is 0 Å². The van der Waals surface area contributed by atoms with Gasteiger partial charge in [0.1, 0.15) is 11.6 Å². The van der Waals surface area contributed by atoms with Gasteiger partial charge in [0.2, 0.25) is 0 Å². The summed E-state index contributed by atoms with van der Waals surface area (Å²) in [5.74, 6) is -1.05. The molecule has 0 aliphatic carbocycles. The molecule has 2 rings (SSSR count). The molecule has 1 aromatic carbocycles. The van der Waals surface area contributed by atoms with E-state index in [4.69, 9.17) is 0 Å². The Morgan fingerprint density at radius 2 is 1.85 bits per heavy atom. The number of pyridine rings is 1. The Labute approximate surface area is 117 Å². The van der Waals surface area contributed by atoms with Crippen molar-refractivity contribution in [3.63, 3.8) is 0 Å². The van der Waals surface area contributed by atoms with Crippen LogP contribution in [0.15, 0.2) is 36.5 Å². The van der Waals surface area contributed by atoms with Gasteiger partial charge < -0.3 is 5.32 Å². The van der Waals surface area contributed by atoms with Crippen LogP contribution >= 0.6 is 0 Å². The normalized spacial score (nSPS) is 12.4. The monoisotopic (exact) mass is 276 g/mol. The number of aromatic nitrogens is 1. The Balaban J connectivity index is 2.11. The highest BCUT2D eigenvalue weighted by Crippen LogP contribution is 2.20. The molecule has 4 heteroatoms. The van der Waals surface area contributed by atoms with Crippen LogP contribution in [-0.2, 0) is 13.0 Å². The summed E-state index contributed by atoms with van der Waals surface area (Å²) in [5.41, 5.74) is 2.13. The Morgan fingerprint density at radius 3 is 2.50 bits per heavy atom. The summed E-state index contributed by atoms with van der Waals surface area (Å²) in [5, 5.41) is 3.13. The van der Waals surface area contributed by atoms with Gasteiger partial charge in [0, 0.05) is 24.3 Å². The number of hydrogen-bond donors (Lipinski definition) is 1. The summed E-state index contributed by atoms with van der Waals surface area (Å²) in [6.45, 7) is 4.29. The van der Waals surface area contributed by atoms with E-state index in [1.807, 2.05) is 12.1 Å². The van der Waals surface area contributed by atoms with Crippen LogP contribution < -0.4 is 5.32 Å². The second-order valence-electron chi connectivity index (χ2n) is 4.70. The molecule has 2 aromatic rings. The average molecular weight is 276 g/mol. The summed E-state index contributed by atoms with van der Waals surface area (Å²) < 4.78 is 27.4. The van der Waals surface area contributed by atoms with Crippen LogP contribution in [-0.4, -0.2) is 4.98 Å². The first-order valence-corrected chi connectivity index (χ1v) is 6.73. The van der Waals surface area contributed by atoms with Crippen molar-refractivity contribution in [2.24, 2.45) is 0 Å². The number of halogens is 2. The van der Waals surface area contributed by atoms with Crippen LogP contribution in [0.1, 0.15) is 36.7 Å². The Morgan fingerprint density at radius 1 is 1.15 bits per heavy atom. The van der Waals surface area contributed by atoms with Gasteiger partial charge in [-0.1, -0.05) is 19.1 Å². The van der Waals surface area contributed by atoms with Crippen molar-refractivity contribution in [3.05, 3.63) is 65.0 Å².